The minimum atomic E-state index is 0.264. The molecule has 0 radical (unpaired) electrons. The lowest BCUT2D eigenvalue weighted by Gasteiger charge is -2.14. The number of hydrogen-bond acceptors (Lipinski definition) is 5. The lowest BCUT2D eigenvalue weighted by molar-refractivity contribution is 0.329. The van der Waals surface area contributed by atoms with Crippen molar-refractivity contribution in [1.29, 1.82) is 0 Å². The average Bonchev–Trinajstić information content (AvgIpc) is 2.61. The Balaban J connectivity index is 1.55. The van der Waals surface area contributed by atoms with Crippen molar-refractivity contribution in [3.8, 4) is 11.5 Å². The van der Waals surface area contributed by atoms with Crippen LogP contribution in [0.3, 0.4) is 0 Å². The number of benzene rings is 2. The summed E-state index contributed by atoms with van der Waals surface area (Å²) in [7, 11) is 2.11. The summed E-state index contributed by atoms with van der Waals surface area (Å²) in [4.78, 5) is 11.1. The smallest absolute Gasteiger partial charge is 0.116 e. The van der Waals surface area contributed by atoms with Crippen molar-refractivity contribution in [2.45, 2.75) is 12.8 Å². The zero-order valence-electron chi connectivity index (χ0n) is 15.3. The third-order valence-corrected chi connectivity index (χ3v) is 3.88. The molecule has 0 aliphatic rings. The molecule has 0 aromatic heterocycles. The Hall–Kier alpha value is -2.66. The summed E-state index contributed by atoms with van der Waals surface area (Å²) < 4.78 is 0. The first kappa shape index (κ1) is 19.7. The molecule has 2 aromatic carbocycles. The van der Waals surface area contributed by atoms with Gasteiger partial charge in [-0.05, 0) is 68.4 Å². The van der Waals surface area contributed by atoms with Crippen LogP contribution in [-0.2, 0) is 0 Å². The number of phenols is 2. The van der Waals surface area contributed by atoms with Crippen LogP contribution in [0.2, 0.25) is 0 Å². The maximum Gasteiger partial charge on any atom is 0.116 e. The molecule has 2 aromatic rings. The van der Waals surface area contributed by atoms with Crippen molar-refractivity contribution in [2.24, 2.45) is 9.98 Å². The summed E-state index contributed by atoms with van der Waals surface area (Å²) in [5, 5.41) is 18.8. The van der Waals surface area contributed by atoms with E-state index in [-0.39, 0.29) is 11.5 Å². The van der Waals surface area contributed by atoms with E-state index in [1.807, 2.05) is 24.3 Å². The first-order valence-corrected chi connectivity index (χ1v) is 8.90. The van der Waals surface area contributed by atoms with Crippen LogP contribution in [0.5, 0.6) is 11.5 Å². The van der Waals surface area contributed by atoms with Gasteiger partial charge in [0.2, 0.25) is 0 Å². The molecule has 0 atom stereocenters. The van der Waals surface area contributed by atoms with Gasteiger partial charge in [0.15, 0.2) is 0 Å². The van der Waals surface area contributed by atoms with Crippen LogP contribution in [0.4, 0.5) is 0 Å². The summed E-state index contributed by atoms with van der Waals surface area (Å²) in [6.45, 7) is 3.53. The number of phenolic OH excluding ortho intramolecular Hbond substituents is 2. The number of rotatable bonds is 10. The van der Waals surface area contributed by atoms with Crippen LogP contribution >= 0.6 is 0 Å². The van der Waals surface area contributed by atoms with E-state index in [0.29, 0.717) is 0 Å². The SMILES string of the molecule is CN(CCCN=Cc1cccc(O)c1)CCCN=Cc1cccc(O)c1. The molecule has 0 amide bonds. The first-order chi connectivity index (χ1) is 12.6. The molecule has 5 heteroatoms. The molecule has 0 fully saturated rings. The van der Waals surface area contributed by atoms with Crippen LogP contribution in [0, 0.1) is 0 Å². The molecular weight excluding hydrogens is 326 g/mol. The highest BCUT2D eigenvalue weighted by molar-refractivity contribution is 5.80. The fourth-order valence-corrected chi connectivity index (χ4v) is 2.53. The molecule has 0 heterocycles. The molecule has 0 spiro atoms. The molecule has 5 nitrogen and oxygen atoms in total. The molecular formula is C21H27N3O2. The van der Waals surface area contributed by atoms with E-state index in [4.69, 9.17) is 0 Å². The van der Waals surface area contributed by atoms with Gasteiger partial charge in [-0.15, -0.1) is 0 Å². The van der Waals surface area contributed by atoms with Crippen molar-refractivity contribution in [2.75, 3.05) is 33.2 Å². The Morgan fingerprint density at radius 2 is 1.27 bits per heavy atom. The van der Waals surface area contributed by atoms with Crippen LogP contribution in [0.1, 0.15) is 24.0 Å². The van der Waals surface area contributed by atoms with Gasteiger partial charge in [0, 0.05) is 25.5 Å². The molecule has 138 valence electrons. The number of aliphatic imine (C=N–C) groups is 2. The number of aromatic hydroxyl groups is 2. The molecule has 0 saturated carbocycles. The summed E-state index contributed by atoms with van der Waals surface area (Å²) in [5.74, 6) is 0.529. The minimum Gasteiger partial charge on any atom is -0.508 e. The van der Waals surface area contributed by atoms with Crippen LogP contribution in [0.25, 0.3) is 0 Å². The number of hydrogen-bond donors (Lipinski definition) is 2. The Bertz CT molecular complexity index is 667. The van der Waals surface area contributed by atoms with Gasteiger partial charge >= 0.3 is 0 Å². The Kier molecular flexibility index (Phi) is 8.36. The van der Waals surface area contributed by atoms with E-state index < -0.39 is 0 Å². The summed E-state index contributed by atoms with van der Waals surface area (Å²) in [6.07, 6.45) is 5.60. The van der Waals surface area contributed by atoms with Crippen molar-refractivity contribution in [1.82, 2.24) is 4.90 Å². The molecule has 0 aliphatic heterocycles. The second-order valence-corrected chi connectivity index (χ2v) is 6.27. The predicted molar refractivity (Wildman–Crippen MR) is 108 cm³/mol. The topological polar surface area (TPSA) is 68.4 Å². The fourth-order valence-electron chi connectivity index (χ4n) is 2.53. The van der Waals surface area contributed by atoms with Gasteiger partial charge in [0.1, 0.15) is 11.5 Å². The van der Waals surface area contributed by atoms with Crippen molar-refractivity contribution in [3.05, 3.63) is 59.7 Å². The maximum atomic E-state index is 9.40. The number of nitrogens with zero attached hydrogens (tertiary/aromatic N) is 3. The maximum absolute atomic E-state index is 9.40. The summed E-state index contributed by atoms with van der Waals surface area (Å²) in [6, 6.07) is 14.2. The molecule has 26 heavy (non-hydrogen) atoms. The highest BCUT2D eigenvalue weighted by atomic mass is 16.3. The van der Waals surface area contributed by atoms with Crippen molar-refractivity contribution in [3.63, 3.8) is 0 Å². The lowest BCUT2D eigenvalue weighted by Crippen LogP contribution is -2.22. The second-order valence-electron chi connectivity index (χ2n) is 6.27. The van der Waals surface area contributed by atoms with Crippen molar-refractivity contribution >= 4 is 12.4 Å². The largest absolute Gasteiger partial charge is 0.508 e. The minimum absolute atomic E-state index is 0.264. The third-order valence-electron chi connectivity index (χ3n) is 3.88. The zero-order chi connectivity index (χ0) is 18.6. The Labute approximate surface area is 155 Å². The quantitative estimate of drug-likeness (QED) is 0.508. The highest BCUT2D eigenvalue weighted by Gasteiger charge is 1.97. The summed E-state index contributed by atoms with van der Waals surface area (Å²) >= 11 is 0. The van der Waals surface area contributed by atoms with Crippen molar-refractivity contribution < 1.29 is 10.2 Å². The molecule has 0 aliphatic carbocycles. The van der Waals surface area contributed by atoms with Crippen LogP contribution in [0.15, 0.2) is 58.5 Å². The normalized spacial score (nSPS) is 11.8. The van der Waals surface area contributed by atoms with E-state index in [1.165, 1.54) is 0 Å². The second kappa shape index (κ2) is 11.1. The zero-order valence-corrected chi connectivity index (χ0v) is 15.3. The monoisotopic (exact) mass is 353 g/mol. The molecule has 2 rings (SSSR count). The van der Waals surface area contributed by atoms with Crippen LogP contribution in [-0.4, -0.2) is 60.8 Å². The fraction of sp³-hybridized carbons (Fsp3) is 0.333. The van der Waals surface area contributed by atoms with E-state index >= 15 is 0 Å². The average molecular weight is 353 g/mol. The molecule has 0 saturated heterocycles. The van der Waals surface area contributed by atoms with E-state index in [1.54, 1.807) is 36.7 Å². The van der Waals surface area contributed by atoms with Gasteiger partial charge in [-0.2, -0.15) is 0 Å². The van der Waals surface area contributed by atoms with Gasteiger partial charge < -0.3 is 15.1 Å². The lowest BCUT2D eigenvalue weighted by atomic mass is 10.2. The van der Waals surface area contributed by atoms with Gasteiger partial charge in [-0.25, -0.2) is 0 Å². The third kappa shape index (κ3) is 7.94. The molecule has 2 N–H and O–H groups in total. The van der Waals surface area contributed by atoms with E-state index in [9.17, 15) is 10.2 Å². The predicted octanol–water partition coefficient (Wildman–Crippen LogP) is 3.35. The Morgan fingerprint density at radius 3 is 1.69 bits per heavy atom. The van der Waals surface area contributed by atoms with Gasteiger partial charge in [0.25, 0.3) is 0 Å². The van der Waals surface area contributed by atoms with E-state index in [0.717, 1.165) is 50.1 Å². The van der Waals surface area contributed by atoms with Crippen LogP contribution < -0.4 is 0 Å². The molecule has 0 unspecified atom stereocenters. The van der Waals surface area contributed by atoms with E-state index in [2.05, 4.69) is 21.9 Å². The highest BCUT2D eigenvalue weighted by Crippen LogP contribution is 2.09. The van der Waals surface area contributed by atoms with Gasteiger partial charge in [-0.3, -0.25) is 9.98 Å². The first-order valence-electron chi connectivity index (χ1n) is 8.90. The summed E-state index contributed by atoms with van der Waals surface area (Å²) in [5.41, 5.74) is 1.84. The van der Waals surface area contributed by atoms with Gasteiger partial charge in [-0.1, -0.05) is 24.3 Å². The molecule has 0 bridgehead atoms. The van der Waals surface area contributed by atoms with Gasteiger partial charge in [0.05, 0.1) is 0 Å². The standard InChI is InChI=1S/C21H27N3O2/c1-24(12-4-10-22-16-18-6-2-8-20(25)14-18)13-5-11-23-17-19-7-3-9-21(26)15-19/h2-3,6-9,14-17,25-26H,4-5,10-13H2,1H3. The Morgan fingerprint density at radius 1 is 0.808 bits per heavy atom.